The number of nitrogens with zero attached hydrogens (tertiary/aromatic N) is 6. The summed E-state index contributed by atoms with van der Waals surface area (Å²) in [5.41, 5.74) is 2.86. The van der Waals surface area contributed by atoms with Crippen LogP contribution in [0, 0.1) is 6.92 Å². The first-order chi connectivity index (χ1) is 12.1. The van der Waals surface area contributed by atoms with Crippen LogP contribution < -0.4 is 4.90 Å². The van der Waals surface area contributed by atoms with Crippen LogP contribution in [0.2, 0.25) is 0 Å². The number of carbonyl (C=O) groups is 1. The predicted molar refractivity (Wildman–Crippen MR) is 93.8 cm³/mol. The van der Waals surface area contributed by atoms with Crippen LogP contribution in [0.1, 0.15) is 37.2 Å². The molecule has 0 aromatic carbocycles. The number of ether oxygens (including phenoxy) is 1. The fraction of sp³-hybridized carbons (Fsp3) is 0.647. The fourth-order valence-corrected chi connectivity index (χ4v) is 3.39. The second-order valence-electron chi connectivity index (χ2n) is 6.76. The Kier molecular flexibility index (Phi) is 3.97. The minimum atomic E-state index is -0.231. The summed E-state index contributed by atoms with van der Waals surface area (Å²) in [5.74, 6) is 2.37. The molecule has 1 saturated carbocycles. The van der Waals surface area contributed by atoms with Crippen molar-refractivity contribution in [1.82, 2.24) is 24.6 Å². The molecule has 1 amide bonds. The number of amides is 1. The average Bonchev–Trinajstić information content (AvgIpc) is 3.42. The van der Waals surface area contributed by atoms with E-state index < -0.39 is 0 Å². The summed E-state index contributed by atoms with van der Waals surface area (Å²) in [7, 11) is 1.94. The van der Waals surface area contributed by atoms with Crippen LogP contribution in [-0.2, 0) is 11.8 Å². The highest BCUT2D eigenvalue weighted by Crippen LogP contribution is 2.40. The maximum absolute atomic E-state index is 11.9. The number of aromatic nitrogens is 4. The maximum atomic E-state index is 11.9. The molecule has 0 radical (unpaired) electrons. The van der Waals surface area contributed by atoms with Gasteiger partial charge >= 0.3 is 6.09 Å². The maximum Gasteiger partial charge on any atom is 0.409 e. The van der Waals surface area contributed by atoms with E-state index in [4.69, 9.17) is 14.7 Å². The third-order valence-electron chi connectivity index (χ3n) is 4.90. The Morgan fingerprint density at radius 2 is 1.92 bits per heavy atom. The molecule has 2 aromatic rings. The fourth-order valence-electron chi connectivity index (χ4n) is 3.39. The van der Waals surface area contributed by atoms with Gasteiger partial charge in [-0.05, 0) is 26.7 Å². The Bertz CT molecular complexity index is 805. The molecule has 2 aromatic heterocycles. The van der Waals surface area contributed by atoms with Gasteiger partial charge in [-0.25, -0.2) is 14.8 Å². The first-order valence-electron chi connectivity index (χ1n) is 8.96. The molecule has 25 heavy (non-hydrogen) atoms. The number of piperazine rings is 1. The Morgan fingerprint density at radius 1 is 1.20 bits per heavy atom. The van der Waals surface area contributed by atoms with Crippen molar-refractivity contribution in [3.63, 3.8) is 0 Å². The highest BCUT2D eigenvalue weighted by atomic mass is 16.6. The third kappa shape index (κ3) is 2.89. The number of aryl methyl sites for hydroxylation is 2. The van der Waals surface area contributed by atoms with Crippen LogP contribution in [0.25, 0.3) is 11.0 Å². The third-order valence-corrected chi connectivity index (χ3v) is 4.90. The van der Waals surface area contributed by atoms with Crippen LogP contribution >= 0.6 is 0 Å². The van der Waals surface area contributed by atoms with Crippen molar-refractivity contribution < 1.29 is 9.53 Å². The van der Waals surface area contributed by atoms with Gasteiger partial charge in [0.15, 0.2) is 5.82 Å². The number of hydrogen-bond acceptors (Lipinski definition) is 6. The van der Waals surface area contributed by atoms with Crippen molar-refractivity contribution >= 4 is 22.9 Å². The van der Waals surface area contributed by atoms with Crippen molar-refractivity contribution in [3.05, 3.63) is 11.5 Å². The van der Waals surface area contributed by atoms with Crippen molar-refractivity contribution in [3.8, 4) is 0 Å². The monoisotopic (exact) mass is 344 g/mol. The molecule has 3 heterocycles. The predicted octanol–water partition coefficient (Wildman–Crippen LogP) is 1.83. The van der Waals surface area contributed by atoms with Gasteiger partial charge in [-0.1, -0.05) is 0 Å². The molecule has 0 spiro atoms. The van der Waals surface area contributed by atoms with E-state index in [1.807, 2.05) is 25.6 Å². The zero-order valence-corrected chi connectivity index (χ0v) is 15.0. The van der Waals surface area contributed by atoms with E-state index in [2.05, 4.69) is 10.00 Å². The summed E-state index contributed by atoms with van der Waals surface area (Å²) in [5, 5.41) is 4.54. The summed E-state index contributed by atoms with van der Waals surface area (Å²) in [6, 6.07) is 0. The van der Waals surface area contributed by atoms with Gasteiger partial charge in [-0.3, -0.25) is 4.68 Å². The molecule has 0 N–H and O–H groups in total. The van der Waals surface area contributed by atoms with Crippen LogP contribution in [0.15, 0.2) is 0 Å². The Balaban J connectivity index is 1.64. The number of anilines is 1. The van der Waals surface area contributed by atoms with Crippen LogP contribution in [0.5, 0.6) is 0 Å². The molecule has 0 bridgehead atoms. The lowest BCUT2D eigenvalue weighted by Gasteiger charge is -2.35. The molecular weight excluding hydrogens is 320 g/mol. The lowest BCUT2D eigenvalue weighted by molar-refractivity contribution is 0.105. The topological polar surface area (TPSA) is 76.4 Å². The molecule has 1 saturated heterocycles. The summed E-state index contributed by atoms with van der Waals surface area (Å²) >= 11 is 0. The zero-order chi connectivity index (χ0) is 17.6. The van der Waals surface area contributed by atoms with E-state index in [0.29, 0.717) is 25.6 Å². The highest BCUT2D eigenvalue weighted by molar-refractivity contribution is 5.88. The standard InChI is InChI=1S/C17H24N6O2/c1-4-25-17(24)23-9-7-22(8-10-23)16-14-13(11(2)20-21(14)3)18-15(19-16)12-5-6-12/h12H,4-10H2,1-3H3. The second-order valence-corrected chi connectivity index (χ2v) is 6.76. The summed E-state index contributed by atoms with van der Waals surface area (Å²) < 4.78 is 6.97. The number of hydrogen-bond donors (Lipinski definition) is 0. The number of fused-ring (bicyclic) bond motifs is 1. The van der Waals surface area contributed by atoms with Gasteiger partial charge in [-0.2, -0.15) is 5.10 Å². The van der Waals surface area contributed by atoms with Crippen LogP contribution in [0.4, 0.5) is 10.6 Å². The molecule has 134 valence electrons. The molecule has 1 aliphatic heterocycles. The van der Waals surface area contributed by atoms with Gasteiger partial charge in [0.2, 0.25) is 0 Å². The first-order valence-corrected chi connectivity index (χ1v) is 8.96. The van der Waals surface area contributed by atoms with Crippen LogP contribution in [0.3, 0.4) is 0 Å². The van der Waals surface area contributed by atoms with E-state index in [1.165, 1.54) is 12.8 Å². The van der Waals surface area contributed by atoms with Gasteiger partial charge in [0, 0.05) is 39.1 Å². The Hall–Kier alpha value is -2.38. The molecule has 1 aliphatic carbocycles. The number of carbonyl (C=O) groups excluding carboxylic acids is 1. The normalized spacial score (nSPS) is 18.0. The average molecular weight is 344 g/mol. The summed E-state index contributed by atoms with van der Waals surface area (Å²) in [6.07, 6.45) is 2.10. The molecule has 8 heteroatoms. The van der Waals surface area contributed by atoms with Gasteiger partial charge < -0.3 is 14.5 Å². The van der Waals surface area contributed by atoms with E-state index in [9.17, 15) is 4.79 Å². The second kappa shape index (κ2) is 6.16. The van der Waals surface area contributed by atoms with Gasteiger partial charge in [0.1, 0.15) is 16.9 Å². The Morgan fingerprint density at radius 3 is 2.56 bits per heavy atom. The highest BCUT2D eigenvalue weighted by Gasteiger charge is 2.31. The molecule has 0 unspecified atom stereocenters. The minimum Gasteiger partial charge on any atom is -0.450 e. The summed E-state index contributed by atoms with van der Waals surface area (Å²) in [6.45, 7) is 6.98. The molecule has 8 nitrogen and oxygen atoms in total. The summed E-state index contributed by atoms with van der Waals surface area (Å²) in [4.78, 5) is 25.6. The smallest absolute Gasteiger partial charge is 0.409 e. The van der Waals surface area contributed by atoms with Crippen LogP contribution in [-0.4, -0.2) is 63.5 Å². The molecule has 2 fully saturated rings. The van der Waals surface area contributed by atoms with E-state index in [0.717, 1.165) is 41.5 Å². The quantitative estimate of drug-likeness (QED) is 0.845. The molecule has 0 atom stereocenters. The molecular formula is C17H24N6O2. The van der Waals surface area contributed by atoms with E-state index >= 15 is 0 Å². The van der Waals surface area contributed by atoms with Crippen molar-refractivity contribution in [1.29, 1.82) is 0 Å². The molecule has 2 aliphatic rings. The SMILES string of the molecule is CCOC(=O)N1CCN(c2nc(C3CC3)nc3c(C)nn(C)c23)CC1. The lowest BCUT2D eigenvalue weighted by atomic mass is 10.2. The van der Waals surface area contributed by atoms with Gasteiger partial charge in [0.05, 0.1) is 12.3 Å². The lowest BCUT2D eigenvalue weighted by Crippen LogP contribution is -2.49. The van der Waals surface area contributed by atoms with Crippen molar-refractivity contribution in [2.75, 3.05) is 37.7 Å². The van der Waals surface area contributed by atoms with Gasteiger partial charge in [-0.15, -0.1) is 0 Å². The van der Waals surface area contributed by atoms with Crippen molar-refractivity contribution in [2.24, 2.45) is 7.05 Å². The largest absolute Gasteiger partial charge is 0.450 e. The van der Waals surface area contributed by atoms with Crippen molar-refractivity contribution in [2.45, 2.75) is 32.6 Å². The Labute approximate surface area is 146 Å². The minimum absolute atomic E-state index is 0.231. The first kappa shape index (κ1) is 16.1. The van der Waals surface area contributed by atoms with Gasteiger partial charge in [0.25, 0.3) is 0 Å². The van der Waals surface area contributed by atoms with E-state index in [1.54, 1.807) is 4.90 Å². The van der Waals surface area contributed by atoms with E-state index in [-0.39, 0.29) is 6.09 Å². The number of rotatable bonds is 3. The molecule has 4 rings (SSSR count). The zero-order valence-electron chi connectivity index (χ0n) is 15.0.